The first-order chi connectivity index (χ1) is 13.2. The topological polar surface area (TPSA) is 113 Å². The van der Waals surface area contributed by atoms with Crippen LogP contribution in [-0.2, 0) is 21.2 Å². The number of imidazole rings is 1. The third kappa shape index (κ3) is 4.68. The van der Waals surface area contributed by atoms with E-state index in [1.165, 1.54) is 4.57 Å². The Balaban J connectivity index is 1.78. The average Bonchev–Trinajstić information content (AvgIpc) is 2.94. The highest BCUT2D eigenvalue weighted by Gasteiger charge is 2.12. The van der Waals surface area contributed by atoms with Crippen molar-refractivity contribution in [3.05, 3.63) is 76.5 Å². The summed E-state index contributed by atoms with van der Waals surface area (Å²) in [5, 5.41) is 2.78. The number of aromatic amines is 1. The van der Waals surface area contributed by atoms with Gasteiger partial charge in [0.15, 0.2) is 0 Å². The molecule has 0 radical (unpaired) electrons. The molecule has 0 fully saturated rings. The van der Waals surface area contributed by atoms with Crippen LogP contribution >= 0.6 is 0 Å². The molecule has 9 heteroatoms. The minimum Gasteiger partial charge on any atom is -0.326 e. The predicted octanol–water partition coefficient (Wildman–Crippen LogP) is 2.03. The van der Waals surface area contributed by atoms with Crippen LogP contribution in [-0.4, -0.2) is 30.1 Å². The molecule has 146 valence electrons. The number of sulfonamides is 1. The zero-order chi connectivity index (χ0) is 20.3. The number of anilines is 2. The Morgan fingerprint density at radius 3 is 2.57 bits per heavy atom. The molecule has 1 aromatic heterocycles. The number of hydrogen-bond donors (Lipinski definition) is 3. The van der Waals surface area contributed by atoms with Gasteiger partial charge in [-0.3, -0.25) is 14.1 Å². The Morgan fingerprint density at radius 2 is 1.89 bits per heavy atom. The van der Waals surface area contributed by atoms with Gasteiger partial charge < -0.3 is 10.3 Å². The number of rotatable bonds is 6. The highest BCUT2D eigenvalue weighted by atomic mass is 32.2. The highest BCUT2D eigenvalue weighted by Crippen LogP contribution is 2.19. The summed E-state index contributed by atoms with van der Waals surface area (Å²) in [5.74, 6) is -0.307. The molecular weight excluding hydrogens is 380 g/mol. The van der Waals surface area contributed by atoms with Crippen LogP contribution in [0.2, 0.25) is 0 Å². The van der Waals surface area contributed by atoms with E-state index in [9.17, 15) is 18.0 Å². The lowest BCUT2D eigenvalue weighted by Gasteiger charge is -2.12. The number of benzene rings is 2. The summed E-state index contributed by atoms with van der Waals surface area (Å²) in [7, 11) is -3.45. The number of H-pyrrole nitrogens is 1. The number of amides is 1. The van der Waals surface area contributed by atoms with Gasteiger partial charge in [0, 0.05) is 17.6 Å². The van der Waals surface area contributed by atoms with Gasteiger partial charge in [0.05, 0.1) is 24.1 Å². The lowest BCUT2D eigenvalue weighted by molar-refractivity contribution is -0.115. The molecule has 28 heavy (non-hydrogen) atoms. The second-order valence-corrected chi connectivity index (χ2v) is 8.13. The van der Waals surface area contributed by atoms with Crippen LogP contribution in [0.15, 0.2) is 59.5 Å². The van der Waals surface area contributed by atoms with Crippen LogP contribution in [0.5, 0.6) is 0 Å². The molecular formula is C19H20N4O4S. The van der Waals surface area contributed by atoms with E-state index in [1.54, 1.807) is 61.7 Å². The molecule has 0 aliphatic carbocycles. The molecule has 3 N–H and O–H groups in total. The smallest absolute Gasteiger partial charge is 0.326 e. The van der Waals surface area contributed by atoms with Gasteiger partial charge in [0.2, 0.25) is 15.9 Å². The molecule has 0 saturated heterocycles. The molecule has 3 aromatic rings. The standard InChI is InChI=1S/C19H20N4O4S/c1-13-12-20-19(25)23(13)16-8-5-7-15(11-16)21-18(24)10-14-6-3-4-9-17(14)22-28(2,26)27/h3-9,11-12,22H,10H2,1-2H3,(H,20,25)(H,21,24). The van der Waals surface area contributed by atoms with Crippen LogP contribution in [0.3, 0.4) is 0 Å². The second-order valence-electron chi connectivity index (χ2n) is 6.38. The van der Waals surface area contributed by atoms with Crippen molar-refractivity contribution in [1.82, 2.24) is 9.55 Å². The number of aromatic nitrogens is 2. The summed E-state index contributed by atoms with van der Waals surface area (Å²) in [4.78, 5) is 27.0. The maximum atomic E-state index is 12.5. The van der Waals surface area contributed by atoms with Gasteiger partial charge in [-0.25, -0.2) is 13.2 Å². The van der Waals surface area contributed by atoms with E-state index in [0.717, 1.165) is 11.9 Å². The molecule has 2 aromatic carbocycles. The van der Waals surface area contributed by atoms with Crippen molar-refractivity contribution in [2.75, 3.05) is 16.3 Å². The van der Waals surface area contributed by atoms with Crippen molar-refractivity contribution in [2.24, 2.45) is 0 Å². The zero-order valence-corrected chi connectivity index (χ0v) is 16.2. The van der Waals surface area contributed by atoms with Crippen molar-refractivity contribution in [1.29, 1.82) is 0 Å². The Labute approximate surface area is 162 Å². The zero-order valence-electron chi connectivity index (χ0n) is 15.4. The van der Waals surface area contributed by atoms with Gasteiger partial charge in [-0.05, 0) is 36.8 Å². The number of hydrogen-bond acceptors (Lipinski definition) is 4. The second kappa shape index (κ2) is 7.73. The maximum absolute atomic E-state index is 12.5. The molecule has 0 unspecified atom stereocenters. The molecule has 0 atom stereocenters. The quantitative estimate of drug-likeness (QED) is 0.587. The van der Waals surface area contributed by atoms with E-state index < -0.39 is 10.0 Å². The van der Waals surface area contributed by atoms with E-state index in [-0.39, 0.29) is 18.0 Å². The SMILES string of the molecule is Cc1c[nH]c(=O)n1-c1cccc(NC(=O)Cc2ccccc2NS(C)(=O)=O)c1. The maximum Gasteiger partial charge on any atom is 0.330 e. The summed E-state index contributed by atoms with van der Waals surface area (Å²) in [6, 6.07) is 13.6. The predicted molar refractivity (Wildman–Crippen MR) is 108 cm³/mol. The molecule has 1 amide bonds. The van der Waals surface area contributed by atoms with Crippen molar-refractivity contribution in [2.45, 2.75) is 13.3 Å². The van der Waals surface area contributed by atoms with Gasteiger partial charge in [0.1, 0.15) is 0 Å². The number of nitrogens with one attached hydrogen (secondary N) is 3. The van der Waals surface area contributed by atoms with Crippen LogP contribution in [0.1, 0.15) is 11.3 Å². The average molecular weight is 400 g/mol. The fourth-order valence-corrected chi connectivity index (χ4v) is 3.45. The van der Waals surface area contributed by atoms with Crippen molar-refractivity contribution in [3.63, 3.8) is 0 Å². The number of aryl methyl sites for hydroxylation is 1. The van der Waals surface area contributed by atoms with Crippen LogP contribution in [0.4, 0.5) is 11.4 Å². The van der Waals surface area contributed by atoms with Gasteiger partial charge in [-0.2, -0.15) is 0 Å². The molecule has 1 heterocycles. The molecule has 0 aliphatic heterocycles. The molecule has 0 bridgehead atoms. The number of carbonyl (C=O) groups is 1. The molecule has 0 saturated carbocycles. The summed E-state index contributed by atoms with van der Waals surface area (Å²) in [5.41, 5.74) is 2.56. The molecule has 8 nitrogen and oxygen atoms in total. The summed E-state index contributed by atoms with van der Waals surface area (Å²) >= 11 is 0. The molecule has 0 spiro atoms. The fraction of sp³-hybridized carbons (Fsp3) is 0.158. The number of para-hydroxylation sites is 1. The minimum atomic E-state index is -3.45. The molecule has 0 aliphatic rings. The van der Waals surface area contributed by atoms with Crippen LogP contribution < -0.4 is 15.7 Å². The first kappa shape index (κ1) is 19.4. The Hall–Kier alpha value is -3.33. The monoisotopic (exact) mass is 400 g/mol. The number of nitrogens with zero attached hydrogens (tertiary/aromatic N) is 1. The van der Waals surface area contributed by atoms with Crippen molar-refractivity contribution < 1.29 is 13.2 Å². The normalized spacial score (nSPS) is 11.2. The van der Waals surface area contributed by atoms with E-state index in [0.29, 0.717) is 22.6 Å². The van der Waals surface area contributed by atoms with E-state index in [1.807, 2.05) is 0 Å². The summed E-state index contributed by atoms with van der Waals surface area (Å²) in [6.45, 7) is 1.80. The largest absolute Gasteiger partial charge is 0.330 e. The Kier molecular flexibility index (Phi) is 5.36. The first-order valence-corrected chi connectivity index (χ1v) is 10.3. The summed E-state index contributed by atoms with van der Waals surface area (Å²) in [6.07, 6.45) is 2.66. The lowest BCUT2D eigenvalue weighted by atomic mass is 10.1. The first-order valence-electron chi connectivity index (χ1n) is 8.46. The minimum absolute atomic E-state index is 0.00789. The lowest BCUT2D eigenvalue weighted by Crippen LogP contribution is -2.18. The van der Waals surface area contributed by atoms with Gasteiger partial charge >= 0.3 is 5.69 Å². The van der Waals surface area contributed by atoms with Crippen LogP contribution in [0, 0.1) is 6.92 Å². The Bertz CT molecular complexity index is 1180. The summed E-state index contributed by atoms with van der Waals surface area (Å²) < 4.78 is 26.9. The highest BCUT2D eigenvalue weighted by molar-refractivity contribution is 7.92. The fourth-order valence-electron chi connectivity index (χ4n) is 2.85. The van der Waals surface area contributed by atoms with Crippen LogP contribution in [0.25, 0.3) is 5.69 Å². The van der Waals surface area contributed by atoms with Gasteiger partial charge in [0.25, 0.3) is 0 Å². The van der Waals surface area contributed by atoms with E-state index >= 15 is 0 Å². The van der Waals surface area contributed by atoms with Crippen molar-refractivity contribution in [3.8, 4) is 5.69 Å². The Morgan fingerprint density at radius 1 is 1.14 bits per heavy atom. The van der Waals surface area contributed by atoms with E-state index in [4.69, 9.17) is 0 Å². The molecule has 3 rings (SSSR count). The van der Waals surface area contributed by atoms with Gasteiger partial charge in [-0.1, -0.05) is 24.3 Å². The third-order valence-corrected chi connectivity index (χ3v) is 4.60. The third-order valence-electron chi connectivity index (χ3n) is 4.01. The number of carbonyl (C=O) groups excluding carboxylic acids is 1. The van der Waals surface area contributed by atoms with Crippen molar-refractivity contribution >= 4 is 27.3 Å². The van der Waals surface area contributed by atoms with Gasteiger partial charge in [-0.15, -0.1) is 0 Å². The van der Waals surface area contributed by atoms with E-state index in [2.05, 4.69) is 15.0 Å².